The number of carbonyl (C=O) groups excluding carboxylic acids is 1. The molecule has 1 amide bonds. The topological polar surface area (TPSA) is 59.8 Å². The Morgan fingerprint density at radius 1 is 0.857 bits per heavy atom. The Morgan fingerprint density at radius 2 is 1.50 bits per heavy atom. The van der Waals surface area contributed by atoms with Crippen LogP contribution in [0.2, 0.25) is 0 Å². The van der Waals surface area contributed by atoms with Gasteiger partial charge in [-0.1, -0.05) is 53.6 Å². The van der Waals surface area contributed by atoms with E-state index in [9.17, 15) is 4.79 Å². The van der Waals surface area contributed by atoms with Crippen LogP contribution in [0.15, 0.2) is 79.1 Å². The van der Waals surface area contributed by atoms with Gasteiger partial charge in [-0.2, -0.15) is 0 Å². The standard InChI is InChI=1S/C23H20N4O/c1-16-7-11-18(12-8-16)25-23(28)21-6-4-3-5-20(21)22-26-24-15-27(22)19-13-9-17(2)10-14-19/h3-15H,1-2H3,(H,25,28). The van der Waals surface area contributed by atoms with Crippen LogP contribution in [0.3, 0.4) is 0 Å². The van der Waals surface area contributed by atoms with Crippen LogP contribution in [0.1, 0.15) is 21.5 Å². The number of nitrogens with zero attached hydrogens (tertiary/aromatic N) is 3. The molecular formula is C23H20N4O. The summed E-state index contributed by atoms with van der Waals surface area (Å²) in [6, 6.07) is 23.2. The molecule has 3 aromatic carbocycles. The third kappa shape index (κ3) is 3.55. The van der Waals surface area contributed by atoms with E-state index in [0.717, 1.165) is 22.5 Å². The van der Waals surface area contributed by atoms with Crippen molar-refractivity contribution < 1.29 is 4.79 Å². The molecule has 5 nitrogen and oxygen atoms in total. The molecule has 0 aliphatic rings. The zero-order valence-electron chi connectivity index (χ0n) is 15.8. The zero-order valence-corrected chi connectivity index (χ0v) is 15.8. The van der Waals surface area contributed by atoms with Crippen LogP contribution < -0.4 is 5.32 Å². The molecule has 1 N–H and O–H groups in total. The lowest BCUT2D eigenvalue weighted by Crippen LogP contribution is -2.14. The fourth-order valence-electron chi connectivity index (χ4n) is 3.02. The van der Waals surface area contributed by atoms with E-state index < -0.39 is 0 Å². The van der Waals surface area contributed by atoms with Gasteiger partial charge in [0, 0.05) is 16.9 Å². The second-order valence-corrected chi connectivity index (χ2v) is 6.73. The van der Waals surface area contributed by atoms with Gasteiger partial charge in [0.25, 0.3) is 5.91 Å². The SMILES string of the molecule is Cc1ccc(NC(=O)c2ccccc2-c2nncn2-c2ccc(C)cc2)cc1. The van der Waals surface area contributed by atoms with Gasteiger partial charge in [-0.05, 0) is 44.2 Å². The van der Waals surface area contributed by atoms with Crippen molar-refractivity contribution in [1.29, 1.82) is 0 Å². The smallest absolute Gasteiger partial charge is 0.256 e. The lowest BCUT2D eigenvalue weighted by atomic mass is 10.1. The van der Waals surface area contributed by atoms with Crippen LogP contribution in [0.25, 0.3) is 17.1 Å². The van der Waals surface area contributed by atoms with Crippen LogP contribution in [0.4, 0.5) is 5.69 Å². The van der Waals surface area contributed by atoms with Gasteiger partial charge in [0.2, 0.25) is 0 Å². The van der Waals surface area contributed by atoms with Gasteiger partial charge in [0.15, 0.2) is 5.82 Å². The average Bonchev–Trinajstić information content (AvgIpc) is 3.20. The number of amides is 1. The Bertz CT molecular complexity index is 1110. The highest BCUT2D eigenvalue weighted by Crippen LogP contribution is 2.25. The molecule has 0 atom stereocenters. The summed E-state index contributed by atoms with van der Waals surface area (Å²) < 4.78 is 1.89. The Kier molecular flexibility index (Phi) is 4.72. The molecule has 0 saturated heterocycles. The highest BCUT2D eigenvalue weighted by molar-refractivity contribution is 6.08. The first-order chi connectivity index (χ1) is 13.6. The highest BCUT2D eigenvalue weighted by Gasteiger charge is 2.17. The van der Waals surface area contributed by atoms with Crippen LogP contribution in [-0.2, 0) is 0 Å². The first-order valence-electron chi connectivity index (χ1n) is 9.06. The molecule has 0 radical (unpaired) electrons. The number of hydrogen-bond acceptors (Lipinski definition) is 3. The summed E-state index contributed by atoms with van der Waals surface area (Å²) in [5, 5.41) is 11.3. The number of hydrogen-bond donors (Lipinski definition) is 1. The third-order valence-electron chi connectivity index (χ3n) is 4.58. The highest BCUT2D eigenvalue weighted by atomic mass is 16.1. The normalized spacial score (nSPS) is 10.6. The van der Waals surface area contributed by atoms with Crippen molar-refractivity contribution in [3.05, 3.63) is 95.8 Å². The van der Waals surface area contributed by atoms with E-state index in [0.29, 0.717) is 11.4 Å². The average molecular weight is 368 g/mol. The first-order valence-corrected chi connectivity index (χ1v) is 9.06. The molecule has 0 aliphatic carbocycles. The van der Waals surface area contributed by atoms with Crippen LogP contribution in [0.5, 0.6) is 0 Å². The van der Waals surface area contributed by atoms with E-state index in [1.54, 1.807) is 12.4 Å². The molecule has 0 aliphatic heterocycles. The summed E-state index contributed by atoms with van der Waals surface area (Å²) in [6.07, 6.45) is 1.66. The van der Waals surface area contributed by atoms with Gasteiger partial charge in [-0.15, -0.1) is 10.2 Å². The first kappa shape index (κ1) is 17.7. The van der Waals surface area contributed by atoms with Crippen LogP contribution in [0, 0.1) is 13.8 Å². The minimum Gasteiger partial charge on any atom is -0.322 e. The molecule has 0 saturated carbocycles. The predicted molar refractivity (Wildman–Crippen MR) is 111 cm³/mol. The fraction of sp³-hybridized carbons (Fsp3) is 0.0870. The molecule has 5 heteroatoms. The quantitative estimate of drug-likeness (QED) is 0.563. The van der Waals surface area contributed by atoms with E-state index in [1.165, 1.54) is 5.56 Å². The van der Waals surface area contributed by atoms with Gasteiger partial charge < -0.3 is 5.32 Å². The predicted octanol–water partition coefficient (Wildman–Crippen LogP) is 4.80. The molecule has 4 aromatic rings. The number of carbonyl (C=O) groups is 1. The van der Waals surface area contributed by atoms with Gasteiger partial charge in [-0.25, -0.2) is 0 Å². The molecule has 0 fully saturated rings. The minimum absolute atomic E-state index is 0.182. The maximum Gasteiger partial charge on any atom is 0.256 e. The number of aryl methyl sites for hydroxylation is 2. The monoisotopic (exact) mass is 368 g/mol. The van der Waals surface area contributed by atoms with Crippen LogP contribution in [-0.4, -0.2) is 20.7 Å². The molecule has 0 spiro atoms. The second kappa shape index (κ2) is 7.48. The van der Waals surface area contributed by atoms with E-state index in [-0.39, 0.29) is 5.91 Å². The van der Waals surface area contributed by atoms with E-state index in [4.69, 9.17) is 0 Å². The fourth-order valence-corrected chi connectivity index (χ4v) is 3.02. The molecule has 138 valence electrons. The number of benzene rings is 3. The number of aromatic nitrogens is 3. The van der Waals surface area contributed by atoms with E-state index in [2.05, 4.69) is 15.5 Å². The summed E-state index contributed by atoms with van der Waals surface area (Å²) in [5.41, 5.74) is 5.29. The van der Waals surface area contributed by atoms with Gasteiger partial charge in [0.1, 0.15) is 6.33 Å². The Labute approximate surface area is 163 Å². The van der Waals surface area contributed by atoms with Crippen molar-refractivity contribution in [2.24, 2.45) is 0 Å². The second-order valence-electron chi connectivity index (χ2n) is 6.73. The van der Waals surface area contributed by atoms with Gasteiger partial charge in [0.05, 0.1) is 5.56 Å². The maximum absolute atomic E-state index is 12.9. The maximum atomic E-state index is 12.9. The molecule has 4 rings (SSSR count). The van der Waals surface area contributed by atoms with Crippen molar-refractivity contribution in [1.82, 2.24) is 14.8 Å². The van der Waals surface area contributed by atoms with Crippen molar-refractivity contribution in [3.8, 4) is 17.1 Å². The molecule has 1 aromatic heterocycles. The molecule has 0 bridgehead atoms. The van der Waals surface area contributed by atoms with Gasteiger partial charge in [-0.3, -0.25) is 9.36 Å². The minimum atomic E-state index is -0.182. The summed E-state index contributed by atoms with van der Waals surface area (Å²) in [5.74, 6) is 0.441. The molecular weight excluding hydrogens is 348 g/mol. The summed E-state index contributed by atoms with van der Waals surface area (Å²) >= 11 is 0. The number of nitrogens with one attached hydrogen (secondary N) is 1. The summed E-state index contributed by atoms with van der Waals surface area (Å²) in [7, 11) is 0. The number of rotatable bonds is 4. The molecule has 1 heterocycles. The zero-order chi connectivity index (χ0) is 19.5. The Hall–Kier alpha value is -3.73. The Balaban J connectivity index is 1.71. The van der Waals surface area contributed by atoms with Crippen LogP contribution >= 0.6 is 0 Å². The number of anilines is 1. The van der Waals surface area contributed by atoms with E-state index >= 15 is 0 Å². The summed E-state index contributed by atoms with van der Waals surface area (Å²) in [4.78, 5) is 12.9. The Morgan fingerprint density at radius 3 is 2.21 bits per heavy atom. The largest absolute Gasteiger partial charge is 0.322 e. The third-order valence-corrected chi connectivity index (χ3v) is 4.58. The lowest BCUT2D eigenvalue weighted by molar-refractivity contribution is 0.102. The summed E-state index contributed by atoms with van der Waals surface area (Å²) in [6.45, 7) is 4.06. The lowest BCUT2D eigenvalue weighted by Gasteiger charge is -2.12. The van der Waals surface area contributed by atoms with Crippen molar-refractivity contribution >= 4 is 11.6 Å². The van der Waals surface area contributed by atoms with E-state index in [1.807, 2.05) is 85.1 Å². The van der Waals surface area contributed by atoms with Crippen molar-refractivity contribution in [2.75, 3.05) is 5.32 Å². The molecule has 28 heavy (non-hydrogen) atoms. The van der Waals surface area contributed by atoms with Crippen molar-refractivity contribution in [2.45, 2.75) is 13.8 Å². The molecule has 0 unspecified atom stereocenters. The van der Waals surface area contributed by atoms with Gasteiger partial charge >= 0.3 is 0 Å². The van der Waals surface area contributed by atoms with Crippen molar-refractivity contribution in [3.63, 3.8) is 0 Å².